The van der Waals surface area contributed by atoms with Gasteiger partial charge in [0.1, 0.15) is 11.1 Å². The number of carbonyl (C=O) groups is 1. The maximum absolute atomic E-state index is 10.5. The Morgan fingerprint density at radius 2 is 2.22 bits per heavy atom. The van der Waals surface area contributed by atoms with Gasteiger partial charge < -0.3 is 9.84 Å². The number of thiazole rings is 1. The fourth-order valence-electron chi connectivity index (χ4n) is 1.65. The molecule has 102 valence electrons. The van der Waals surface area contributed by atoms with Crippen LogP contribution in [0.2, 0.25) is 0 Å². The first-order valence-electron chi connectivity index (χ1n) is 6.12. The van der Waals surface area contributed by atoms with Gasteiger partial charge in [0.2, 0.25) is 0 Å². The van der Waals surface area contributed by atoms with Gasteiger partial charge in [0, 0.05) is 18.4 Å². The molecule has 0 aliphatic rings. The van der Waals surface area contributed by atoms with E-state index >= 15 is 0 Å². The molecule has 0 amide bonds. The monoisotopic (exact) mass is 271 g/mol. The highest BCUT2D eigenvalue weighted by Gasteiger charge is 2.29. The van der Waals surface area contributed by atoms with Crippen LogP contribution in [0.3, 0.4) is 0 Å². The summed E-state index contributed by atoms with van der Waals surface area (Å²) in [4.78, 5) is 15.0. The molecule has 1 unspecified atom stereocenters. The van der Waals surface area contributed by atoms with Gasteiger partial charge in [-0.2, -0.15) is 0 Å². The standard InChI is InChI=1S/C13H21NO3S/c1-5-17-11(13(2,3)4)12-14-9(8-18-12)6-7-10(15)16/h8,11H,5-7H2,1-4H3,(H,15,16). The van der Waals surface area contributed by atoms with Crippen molar-refractivity contribution in [3.8, 4) is 0 Å². The Hall–Kier alpha value is -0.940. The van der Waals surface area contributed by atoms with Crippen molar-refractivity contribution in [1.29, 1.82) is 0 Å². The molecule has 0 bridgehead atoms. The number of aromatic nitrogens is 1. The van der Waals surface area contributed by atoms with E-state index in [1.165, 1.54) is 0 Å². The Labute approximate surface area is 112 Å². The van der Waals surface area contributed by atoms with Gasteiger partial charge in [-0.25, -0.2) is 4.98 Å². The highest BCUT2D eigenvalue weighted by atomic mass is 32.1. The van der Waals surface area contributed by atoms with Crippen LogP contribution in [0.25, 0.3) is 0 Å². The molecule has 18 heavy (non-hydrogen) atoms. The summed E-state index contributed by atoms with van der Waals surface area (Å²) < 4.78 is 5.76. The zero-order chi connectivity index (χ0) is 13.8. The normalized spacial score (nSPS) is 13.6. The maximum Gasteiger partial charge on any atom is 0.303 e. The van der Waals surface area contributed by atoms with Gasteiger partial charge in [-0.05, 0) is 12.3 Å². The molecule has 1 atom stereocenters. The molecular formula is C13H21NO3S. The minimum atomic E-state index is -0.790. The van der Waals surface area contributed by atoms with Crippen molar-refractivity contribution < 1.29 is 14.6 Å². The lowest BCUT2D eigenvalue weighted by atomic mass is 9.89. The number of rotatable bonds is 6. The van der Waals surface area contributed by atoms with Crippen molar-refractivity contribution in [3.05, 3.63) is 16.1 Å². The lowest BCUT2D eigenvalue weighted by Crippen LogP contribution is -2.21. The summed E-state index contributed by atoms with van der Waals surface area (Å²) >= 11 is 1.55. The molecule has 0 aliphatic carbocycles. The predicted octanol–water partition coefficient (Wildman–Crippen LogP) is 3.28. The van der Waals surface area contributed by atoms with E-state index < -0.39 is 5.97 Å². The Morgan fingerprint density at radius 1 is 1.56 bits per heavy atom. The molecule has 0 aromatic carbocycles. The Morgan fingerprint density at radius 3 is 2.72 bits per heavy atom. The Balaban J connectivity index is 2.78. The topological polar surface area (TPSA) is 59.4 Å². The molecule has 0 fully saturated rings. The zero-order valence-electron chi connectivity index (χ0n) is 11.4. The van der Waals surface area contributed by atoms with Crippen molar-refractivity contribution in [2.45, 2.75) is 46.6 Å². The molecule has 1 aromatic heterocycles. The van der Waals surface area contributed by atoms with Gasteiger partial charge in [-0.15, -0.1) is 11.3 Å². The third kappa shape index (κ3) is 4.38. The molecule has 0 spiro atoms. The van der Waals surface area contributed by atoms with Crippen LogP contribution in [0.15, 0.2) is 5.38 Å². The van der Waals surface area contributed by atoms with Crippen LogP contribution in [0.5, 0.6) is 0 Å². The largest absolute Gasteiger partial charge is 0.481 e. The van der Waals surface area contributed by atoms with Gasteiger partial charge in [0.05, 0.1) is 12.1 Å². The first-order chi connectivity index (χ1) is 8.34. The van der Waals surface area contributed by atoms with E-state index in [1.54, 1.807) is 11.3 Å². The van der Waals surface area contributed by atoms with Crippen LogP contribution in [-0.4, -0.2) is 22.7 Å². The second kappa shape index (κ2) is 6.29. The number of nitrogens with zero attached hydrogens (tertiary/aromatic N) is 1. The molecule has 0 saturated carbocycles. The highest BCUT2D eigenvalue weighted by Crippen LogP contribution is 2.37. The van der Waals surface area contributed by atoms with E-state index in [0.29, 0.717) is 13.0 Å². The lowest BCUT2D eigenvalue weighted by molar-refractivity contribution is -0.136. The number of carboxylic acids is 1. The predicted molar refractivity (Wildman–Crippen MR) is 71.9 cm³/mol. The minimum absolute atomic E-state index is 0.0159. The van der Waals surface area contributed by atoms with E-state index in [0.717, 1.165) is 10.7 Å². The van der Waals surface area contributed by atoms with Gasteiger partial charge >= 0.3 is 5.97 Å². The van der Waals surface area contributed by atoms with Crippen molar-refractivity contribution >= 4 is 17.3 Å². The van der Waals surface area contributed by atoms with Gasteiger partial charge in [0.15, 0.2) is 0 Å². The fraction of sp³-hybridized carbons (Fsp3) is 0.692. The van der Waals surface area contributed by atoms with Crippen LogP contribution >= 0.6 is 11.3 Å². The summed E-state index contributed by atoms with van der Waals surface area (Å²) in [5, 5.41) is 11.5. The van der Waals surface area contributed by atoms with Crippen molar-refractivity contribution in [1.82, 2.24) is 4.98 Å². The average molecular weight is 271 g/mol. The molecule has 1 N–H and O–H groups in total. The van der Waals surface area contributed by atoms with Crippen LogP contribution in [-0.2, 0) is 16.0 Å². The second-order valence-corrected chi connectivity index (χ2v) is 6.16. The number of hydrogen-bond acceptors (Lipinski definition) is 4. The quantitative estimate of drug-likeness (QED) is 0.862. The van der Waals surface area contributed by atoms with Crippen LogP contribution < -0.4 is 0 Å². The second-order valence-electron chi connectivity index (χ2n) is 5.27. The highest BCUT2D eigenvalue weighted by molar-refractivity contribution is 7.09. The van der Waals surface area contributed by atoms with Crippen LogP contribution in [0, 0.1) is 5.41 Å². The van der Waals surface area contributed by atoms with E-state index in [-0.39, 0.29) is 17.9 Å². The van der Waals surface area contributed by atoms with E-state index in [9.17, 15) is 4.79 Å². The first kappa shape index (κ1) is 15.1. The zero-order valence-corrected chi connectivity index (χ0v) is 12.2. The Kier molecular flexibility index (Phi) is 5.28. The number of carboxylic acid groups (broad SMARTS) is 1. The first-order valence-corrected chi connectivity index (χ1v) is 7.00. The number of hydrogen-bond donors (Lipinski definition) is 1. The lowest BCUT2D eigenvalue weighted by Gasteiger charge is -2.28. The van der Waals surface area contributed by atoms with Gasteiger partial charge in [-0.1, -0.05) is 20.8 Å². The van der Waals surface area contributed by atoms with Crippen molar-refractivity contribution in [3.63, 3.8) is 0 Å². The summed E-state index contributed by atoms with van der Waals surface area (Å²) in [5.74, 6) is -0.790. The smallest absolute Gasteiger partial charge is 0.303 e. The van der Waals surface area contributed by atoms with Crippen molar-refractivity contribution in [2.24, 2.45) is 5.41 Å². The van der Waals surface area contributed by atoms with Crippen LogP contribution in [0.4, 0.5) is 0 Å². The van der Waals surface area contributed by atoms with Gasteiger partial charge in [0.25, 0.3) is 0 Å². The number of aryl methyl sites for hydroxylation is 1. The molecule has 5 heteroatoms. The molecule has 0 saturated heterocycles. The number of aliphatic carboxylic acids is 1. The minimum Gasteiger partial charge on any atom is -0.481 e. The van der Waals surface area contributed by atoms with E-state index in [4.69, 9.17) is 9.84 Å². The molecule has 4 nitrogen and oxygen atoms in total. The summed E-state index contributed by atoms with van der Waals surface area (Å²) in [6.45, 7) is 8.96. The maximum atomic E-state index is 10.5. The molecule has 1 aromatic rings. The molecule has 0 aliphatic heterocycles. The SMILES string of the molecule is CCOC(c1nc(CCC(=O)O)cs1)C(C)(C)C. The molecular weight excluding hydrogens is 250 g/mol. The third-order valence-corrected chi connectivity index (χ3v) is 3.45. The molecule has 1 heterocycles. The third-order valence-electron chi connectivity index (χ3n) is 2.51. The van der Waals surface area contributed by atoms with Crippen LogP contribution in [0.1, 0.15) is 50.9 Å². The number of ether oxygens (including phenoxy) is 1. The van der Waals surface area contributed by atoms with E-state index in [2.05, 4.69) is 25.8 Å². The summed E-state index contributed by atoms with van der Waals surface area (Å²) in [5.41, 5.74) is 0.823. The molecule has 1 rings (SSSR count). The fourth-order valence-corrected chi connectivity index (χ4v) is 2.79. The Bertz CT molecular complexity index is 395. The van der Waals surface area contributed by atoms with Crippen molar-refractivity contribution in [2.75, 3.05) is 6.61 Å². The van der Waals surface area contributed by atoms with E-state index in [1.807, 2.05) is 12.3 Å². The summed E-state index contributed by atoms with van der Waals surface area (Å²) in [6, 6.07) is 0. The average Bonchev–Trinajstić information content (AvgIpc) is 2.69. The summed E-state index contributed by atoms with van der Waals surface area (Å²) in [6.07, 6.45) is 0.568. The summed E-state index contributed by atoms with van der Waals surface area (Å²) in [7, 11) is 0. The molecule has 0 radical (unpaired) electrons. The van der Waals surface area contributed by atoms with Gasteiger partial charge in [-0.3, -0.25) is 4.79 Å².